The SMILES string of the molecule is Cc1ccc(OC(C)C(=O)Nc2ccc(NOC#CC#CF)c(O)c2)c(C)c1.FF.FF.FF. The number of ether oxygens (including phenoxy) is 1. The number of benzene rings is 2. The number of halogens is 7. The monoisotopic (exact) mass is 496 g/mol. The van der Waals surface area contributed by atoms with Crippen LogP contribution in [-0.2, 0) is 9.63 Å². The summed E-state index contributed by atoms with van der Waals surface area (Å²) in [5, 5.41) is 12.6. The number of anilines is 2. The Bertz CT molecular complexity index is 1000. The smallest absolute Gasteiger partial charge is 0.265 e. The molecule has 0 aliphatic heterocycles. The van der Waals surface area contributed by atoms with Crippen molar-refractivity contribution in [2.24, 2.45) is 0 Å². The quantitative estimate of drug-likeness (QED) is 0.193. The van der Waals surface area contributed by atoms with Crippen molar-refractivity contribution in [2.75, 3.05) is 10.8 Å². The first kappa shape index (κ1) is 31.9. The Balaban J connectivity index is 0. The highest BCUT2D eigenvalue weighted by molar-refractivity contribution is 5.94. The van der Waals surface area contributed by atoms with E-state index in [1.165, 1.54) is 12.1 Å². The molecule has 2 aromatic rings. The Labute approximate surface area is 190 Å². The number of nitrogens with one attached hydrogen (secondary N) is 2. The molecule has 1 atom stereocenters. The number of aryl methyl sites for hydroxylation is 2. The van der Waals surface area contributed by atoms with Gasteiger partial charge < -0.3 is 20.0 Å². The minimum atomic E-state index is -0.739. The molecule has 0 saturated carbocycles. The fourth-order valence-corrected chi connectivity index (χ4v) is 2.27. The lowest BCUT2D eigenvalue weighted by molar-refractivity contribution is -0.122. The zero-order valence-electron chi connectivity index (χ0n) is 17.9. The van der Waals surface area contributed by atoms with Gasteiger partial charge in [-0.1, -0.05) is 17.7 Å². The molecular formula is C21H19F7N2O4. The molecule has 0 spiro atoms. The van der Waals surface area contributed by atoms with Gasteiger partial charge in [-0.25, -0.2) is 5.48 Å². The van der Waals surface area contributed by atoms with Crippen molar-refractivity contribution in [1.82, 2.24) is 0 Å². The van der Waals surface area contributed by atoms with Gasteiger partial charge in [0.15, 0.2) is 12.2 Å². The van der Waals surface area contributed by atoms with Crippen molar-refractivity contribution in [3.63, 3.8) is 0 Å². The summed E-state index contributed by atoms with van der Waals surface area (Å²) in [6, 6.07) is 10.1. The van der Waals surface area contributed by atoms with Gasteiger partial charge in [-0.2, -0.15) is 0 Å². The number of carbonyl (C=O) groups excluding carboxylic acids is 1. The Hall–Kier alpha value is -4.26. The molecule has 6 nitrogen and oxygen atoms in total. The van der Waals surface area contributed by atoms with Crippen molar-refractivity contribution in [2.45, 2.75) is 26.9 Å². The summed E-state index contributed by atoms with van der Waals surface area (Å²) >= 11 is 0. The molecule has 1 amide bonds. The summed E-state index contributed by atoms with van der Waals surface area (Å²) < 4.78 is 65.3. The number of rotatable bonds is 6. The molecule has 0 saturated heterocycles. The molecule has 0 aromatic heterocycles. The van der Waals surface area contributed by atoms with Crippen LogP contribution in [0.5, 0.6) is 11.5 Å². The number of carbonyl (C=O) groups is 1. The number of hydrogen-bond acceptors (Lipinski definition) is 5. The maximum atomic E-state index is 12.3. The van der Waals surface area contributed by atoms with Gasteiger partial charge in [0.25, 0.3) is 5.91 Å². The topological polar surface area (TPSA) is 79.8 Å². The number of phenols is 1. The molecule has 0 aliphatic rings. The highest BCUT2D eigenvalue weighted by atomic mass is 20.0. The first-order valence-corrected chi connectivity index (χ1v) is 8.74. The van der Waals surface area contributed by atoms with E-state index in [4.69, 9.17) is 37.0 Å². The summed E-state index contributed by atoms with van der Waals surface area (Å²) in [6.07, 6.45) is 2.45. The minimum Gasteiger partial charge on any atom is -0.506 e. The van der Waals surface area contributed by atoms with E-state index in [-0.39, 0.29) is 17.3 Å². The third-order valence-electron chi connectivity index (χ3n) is 3.64. The molecule has 186 valence electrons. The van der Waals surface area contributed by atoms with E-state index >= 15 is 0 Å². The van der Waals surface area contributed by atoms with Gasteiger partial charge in [-0.05, 0) is 44.5 Å². The second kappa shape index (κ2) is 19.4. The van der Waals surface area contributed by atoms with Crippen molar-refractivity contribution >= 4 is 17.3 Å². The van der Waals surface area contributed by atoms with Crippen molar-refractivity contribution in [1.29, 1.82) is 0 Å². The van der Waals surface area contributed by atoms with Gasteiger partial charge in [-0.15, -0.1) is 4.39 Å². The van der Waals surface area contributed by atoms with Crippen LogP contribution in [0.2, 0.25) is 0 Å². The minimum absolute atomic E-state index is 0.181. The Morgan fingerprint density at radius 1 is 1.00 bits per heavy atom. The van der Waals surface area contributed by atoms with E-state index in [2.05, 4.69) is 22.8 Å². The Kier molecular flexibility index (Phi) is 18.2. The van der Waals surface area contributed by atoms with Crippen molar-refractivity contribution < 1.29 is 51.3 Å². The summed E-state index contributed by atoms with van der Waals surface area (Å²) in [5.74, 6) is 4.01. The maximum absolute atomic E-state index is 12.3. The third-order valence-corrected chi connectivity index (χ3v) is 3.64. The molecule has 34 heavy (non-hydrogen) atoms. The van der Waals surface area contributed by atoms with Gasteiger partial charge in [0.2, 0.25) is 0 Å². The zero-order chi connectivity index (χ0) is 26.5. The van der Waals surface area contributed by atoms with Crippen molar-refractivity contribution in [3.05, 3.63) is 47.5 Å². The van der Waals surface area contributed by atoms with Crippen LogP contribution < -0.4 is 15.5 Å². The zero-order valence-corrected chi connectivity index (χ0v) is 17.9. The fraction of sp³-hybridized carbons (Fsp3) is 0.190. The molecule has 2 aromatic carbocycles. The van der Waals surface area contributed by atoms with E-state index in [0.29, 0.717) is 11.4 Å². The molecule has 0 radical (unpaired) electrons. The summed E-state index contributed by atoms with van der Waals surface area (Å²) in [7, 11) is 0. The van der Waals surface area contributed by atoms with E-state index in [1.54, 1.807) is 13.0 Å². The molecule has 0 heterocycles. The Morgan fingerprint density at radius 2 is 1.65 bits per heavy atom. The average molecular weight is 496 g/mol. The second-order valence-electron chi connectivity index (χ2n) is 5.90. The van der Waals surface area contributed by atoms with Crippen LogP contribution in [0.1, 0.15) is 18.1 Å². The molecule has 2 rings (SSSR count). The van der Waals surface area contributed by atoms with E-state index in [0.717, 1.165) is 17.3 Å². The summed E-state index contributed by atoms with van der Waals surface area (Å²) in [4.78, 5) is 17.0. The molecular weight excluding hydrogens is 477 g/mol. The number of aromatic hydroxyl groups is 1. The lowest BCUT2D eigenvalue weighted by atomic mass is 10.1. The van der Waals surface area contributed by atoms with Crippen LogP contribution in [0, 0.1) is 38.0 Å². The van der Waals surface area contributed by atoms with Gasteiger partial charge in [-0.3, -0.25) is 4.79 Å². The fourth-order valence-electron chi connectivity index (χ4n) is 2.27. The predicted molar refractivity (Wildman–Crippen MR) is 111 cm³/mol. The molecule has 3 N–H and O–H groups in total. The first-order valence-electron chi connectivity index (χ1n) is 8.74. The predicted octanol–water partition coefficient (Wildman–Crippen LogP) is 6.17. The maximum Gasteiger partial charge on any atom is 0.265 e. The van der Waals surface area contributed by atoms with E-state index in [1.807, 2.05) is 38.0 Å². The summed E-state index contributed by atoms with van der Waals surface area (Å²) in [6.45, 7) is 5.53. The summed E-state index contributed by atoms with van der Waals surface area (Å²) in [5.41, 5.74) is 5.00. The number of hydrogen-bond donors (Lipinski definition) is 3. The van der Waals surface area contributed by atoms with Crippen LogP contribution >= 0.6 is 0 Å². The van der Waals surface area contributed by atoms with E-state index in [9.17, 15) is 14.3 Å². The molecule has 13 heteroatoms. The largest absolute Gasteiger partial charge is 0.506 e. The van der Waals surface area contributed by atoms with Gasteiger partial charge in [0.05, 0.1) is 0 Å². The third kappa shape index (κ3) is 12.0. The molecule has 0 bridgehead atoms. The van der Waals surface area contributed by atoms with Crippen molar-refractivity contribution in [3.8, 4) is 35.6 Å². The highest BCUT2D eigenvalue weighted by Gasteiger charge is 2.16. The highest BCUT2D eigenvalue weighted by Crippen LogP contribution is 2.27. The van der Waals surface area contributed by atoms with Gasteiger partial charge in [0, 0.05) is 51.0 Å². The Morgan fingerprint density at radius 3 is 2.21 bits per heavy atom. The van der Waals surface area contributed by atoms with Crippen LogP contribution in [0.15, 0.2) is 36.4 Å². The lowest BCUT2D eigenvalue weighted by Gasteiger charge is -2.17. The van der Waals surface area contributed by atoms with Crippen LogP contribution in [0.25, 0.3) is 0 Å². The molecule has 1 unspecified atom stereocenters. The average Bonchev–Trinajstić information content (AvgIpc) is 2.85. The second-order valence-corrected chi connectivity index (χ2v) is 5.90. The first-order chi connectivity index (χ1) is 16.4. The van der Waals surface area contributed by atoms with Gasteiger partial charge in [0.1, 0.15) is 23.4 Å². The lowest BCUT2D eigenvalue weighted by Crippen LogP contribution is -2.30. The van der Waals surface area contributed by atoms with Crippen LogP contribution in [0.3, 0.4) is 0 Å². The standard InChI is InChI=1S/C21H19FN2O4.3F2/c1-14-6-9-20(15(2)12-14)28-16(3)21(26)23-17-7-8-18(19(25)13-17)24-27-11-5-4-10-22;3*1-2/h6-9,12-13,16,24-25H,1-3H3,(H,23,26);;;. The van der Waals surface area contributed by atoms with Gasteiger partial charge >= 0.3 is 0 Å². The molecule has 0 fully saturated rings. The van der Waals surface area contributed by atoms with Crippen LogP contribution in [-0.4, -0.2) is 17.1 Å². The number of phenolic OH excluding ortho intramolecular Hbond substituents is 1. The van der Waals surface area contributed by atoms with Crippen LogP contribution in [0.4, 0.5) is 43.2 Å². The molecule has 0 aliphatic carbocycles. The number of amides is 1. The van der Waals surface area contributed by atoms with E-state index < -0.39 is 6.10 Å². The normalized spacial score (nSPS) is 9.12.